The van der Waals surface area contributed by atoms with Crippen LogP contribution in [0.3, 0.4) is 0 Å². The first-order chi connectivity index (χ1) is 10.0. The Bertz CT molecular complexity index is 663. The Morgan fingerprint density at radius 1 is 1.33 bits per heavy atom. The number of esters is 1. The van der Waals surface area contributed by atoms with E-state index in [4.69, 9.17) is 0 Å². The smallest absolute Gasteiger partial charge is 0.311 e. The molecule has 0 radical (unpaired) electrons. The van der Waals surface area contributed by atoms with Gasteiger partial charge in [-0.05, 0) is 12.1 Å². The lowest BCUT2D eigenvalue weighted by Crippen LogP contribution is -2.12. The number of benzene rings is 1. The fourth-order valence-corrected chi connectivity index (χ4v) is 2.29. The molecule has 0 aliphatic rings. The maximum Gasteiger partial charge on any atom is 0.311 e. The molecule has 0 aliphatic carbocycles. The summed E-state index contributed by atoms with van der Waals surface area (Å²) in [4.78, 5) is 27.1. The Morgan fingerprint density at radius 3 is 2.62 bits per heavy atom. The minimum Gasteiger partial charge on any atom is -0.507 e. The quantitative estimate of drug-likeness (QED) is 0.739. The summed E-state index contributed by atoms with van der Waals surface area (Å²) in [5, 5.41) is 23.5. The van der Waals surface area contributed by atoms with E-state index in [1.807, 2.05) is 0 Å². The van der Waals surface area contributed by atoms with Gasteiger partial charge >= 0.3 is 5.97 Å². The van der Waals surface area contributed by atoms with Gasteiger partial charge in [0.1, 0.15) is 17.1 Å². The van der Waals surface area contributed by atoms with Gasteiger partial charge in [0, 0.05) is 5.38 Å². The highest BCUT2D eigenvalue weighted by Crippen LogP contribution is 2.27. The van der Waals surface area contributed by atoms with Gasteiger partial charge in [-0.3, -0.25) is 14.9 Å². The van der Waals surface area contributed by atoms with Crippen LogP contribution < -0.4 is 5.32 Å². The second-order valence-electron chi connectivity index (χ2n) is 4.02. The monoisotopic (exact) mass is 308 g/mol. The molecule has 0 atom stereocenters. The van der Waals surface area contributed by atoms with Crippen LogP contribution in [0.5, 0.6) is 11.5 Å². The van der Waals surface area contributed by atoms with Crippen LogP contribution in [-0.4, -0.2) is 34.2 Å². The molecule has 0 saturated carbocycles. The largest absolute Gasteiger partial charge is 0.507 e. The van der Waals surface area contributed by atoms with Gasteiger partial charge in [-0.15, -0.1) is 11.3 Å². The summed E-state index contributed by atoms with van der Waals surface area (Å²) in [7, 11) is 1.28. The number of hydrogen-bond acceptors (Lipinski definition) is 7. The Kier molecular flexibility index (Phi) is 4.39. The summed E-state index contributed by atoms with van der Waals surface area (Å²) in [5.41, 5.74) is 0.228. The van der Waals surface area contributed by atoms with Gasteiger partial charge in [-0.1, -0.05) is 6.07 Å². The molecule has 1 aromatic heterocycles. The summed E-state index contributed by atoms with van der Waals surface area (Å²) < 4.78 is 4.52. The van der Waals surface area contributed by atoms with Crippen LogP contribution >= 0.6 is 11.3 Å². The van der Waals surface area contributed by atoms with Crippen molar-refractivity contribution in [2.75, 3.05) is 12.4 Å². The third-order valence-corrected chi connectivity index (χ3v) is 3.38. The zero-order chi connectivity index (χ0) is 15.4. The summed E-state index contributed by atoms with van der Waals surface area (Å²) in [5.74, 6) is -1.79. The highest BCUT2D eigenvalue weighted by Gasteiger charge is 2.17. The first-order valence-electron chi connectivity index (χ1n) is 5.84. The fraction of sp³-hybridized carbons (Fsp3) is 0.154. The summed E-state index contributed by atoms with van der Waals surface area (Å²) in [6.07, 6.45) is 0.00467. The number of anilines is 1. The molecule has 7 nitrogen and oxygen atoms in total. The molecule has 2 rings (SSSR count). The number of methoxy groups -OCH3 is 1. The van der Waals surface area contributed by atoms with E-state index in [0.29, 0.717) is 5.69 Å². The minimum absolute atomic E-state index is 0.00467. The zero-order valence-corrected chi connectivity index (χ0v) is 11.8. The second kappa shape index (κ2) is 6.23. The molecule has 110 valence electrons. The van der Waals surface area contributed by atoms with Crippen molar-refractivity contribution in [2.24, 2.45) is 0 Å². The van der Waals surface area contributed by atoms with Gasteiger partial charge in [0.25, 0.3) is 5.91 Å². The molecule has 8 heteroatoms. The number of aromatic hydroxyl groups is 2. The molecule has 3 N–H and O–H groups in total. The highest BCUT2D eigenvalue weighted by molar-refractivity contribution is 7.14. The molecular weight excluding hydrogens is 296 g/mol. The summed E-state index contributed by atoms with van der Waals surface area (Å²) in [6, 6.07) is 4.00. The van der Waals surface area contributed by atoms with E-state index < -0.39 is 11.9 Å². The number of aromatic nitrogens is 1. The number of carbonyl (C=O) groups is 2. The van der Waals surface area contributed by atoms with Crippen molar-refractivity contribution in [3.63, 3.8) is 0 Å². The number of amides is 1. The van der Waals surface area contributed by atoms with Gasteiger partial charge < -0.3 is 14.9 Å². The molecular formula is C13H12N2O5S. The van der Waals surface area contributed by atoms with Gasteiger partial charge in [-0.25, -0.2) is 4.98 Å². The molecule has 1 aromatic carbocycles. The van der Waals surface area contributed by atoms with Gasteiger partial charge in [0.05, 0.1) is 19.2 Å². The number of nitrogens with zero attached hydrogens (tertiary/aromatic N) is 1. The zero-order valence-electron chi connectivity index (χ0n) is 11.0. The number of phenols is 2. The summed E-state index contributed by atoms with van der Waals surface area (Å²) in [6.45, 7) is 0. The van der Waals surface area contributed by atoms with Crippen molar-refractivity contribution in [1.82, 2.24) is 4.98 Å². The fourth-order valence-electron chi connectivity index (χ4n) is 1.59. The lowest BCUT2D eigenvalue weighted by Gasteiger charge is -2.06. The predicted molar refractivity (Wildman–Crippen MR) is 75.6 cm³/mol. The summed E-state index contributed by atoms with van der Waals surface area (Å²) >= 11 is 1.12. The predicted octanol–water partition coefficient (Wildman–Crippen LogP) is 1.52. The van der Waals surface area contributed by atoms with E-state index in [1.165, 1.54) is 25.3 Å². The Morgan fingerprint density at radius 2 is 2.00 bits per heavy atom. The topological polar surface area (TPSA) is 109 Å². The lowest BCUT2D eigenvalue weighted by molar-refractivity contribution is -0.139. The molecule has 0 bridgehead atoms. The number of ether oxygens (including phenoxy) is 1. The van der Waals surface area contributed by atoms with Crippen LogP contribution in [0, 0.1) is 0 Å². The van der Waals surface area contributed by atoms with Crippen LogP contribution in [0.25, 0.3) is 0 Å². The first kappa shape index (κ1) is 14.8. The average Bonchev–Trinajstić information content (AvgIpc) is 2.85. The highest BCUT2D eigenvalue weighted by atomic mass is 32.1. The van der Waals surface area contributed by atoms with Gasteiger partial charge in [0.2, 0.25) is 0 Å². The Balaban J connectivity index is 2.12. The van der Waals surface area contributed by atoms with Crippen molar-refractivity contribution in [2.45, 2.75) is 6.42 Å². The molecule has 0 aliphatic heterocycles. The number of thiazole rings is 1. The van der Waals surface area contributed by atoms with Crippen LogP contribution in [-0.2, 0) is 16.0 Å². The van der Waals surface area contributed by atoms with Gasteiger partial charge in [0.15, 0.2) is 5.13 Å². The average molecular weight is 308 g/mol. The number of carbonyl (C=O) groups excluding carboxylic acids is 2. The molecule has 0 fully saturated rings. The molecule has 1 amide bonds. The van der Waals surface area contributed by atoms with E-state index >= 15 is 0 Å². The Hall–Kier alpha value is -2.61. The standard InChI is InChI=1S/C13H12N2O5S/c1-20-10(18)5-7-6-21-13(14-7)15-12(19)11-8(16)3-2-4-9(11)17/h2-4,6,16-17H,5H2,1H3,(H,14,15,19). The van der Waals surface area contributed by atoms with Crippen LogP contribution in [0.2, 0.25) is 0 Å². The van der Waals surface area contributed by atoms with E-state index in [-0.39, 0.29) is 28.6 Å². The molecule has 21 heavy (non-hydrogen) atoms. The van der Waals surface area contributed by atoms with Crippen LogP contribution in [0.15, 0.2) is 23.6 Å². The maximum absolute atomic E-state index is 12.0. The molecule has 0 saturated heterocycles. The second-order valence-corrected chi connectivity index (χ2v) is 4.88. The van der Waals surface area contributed by atoms with Crippen molar-refractivity contribution < 1.29 is 24.5 Å². The van der Waals surface area contributed by atoms with Gasteiger partial charge in [-0.2, -0.15) is 0 Å². The van der Waals surface area contributed by atoms with E-state index in [0.717, 1.165) is 11.3 Å². The number of rotatable bonds is 4. The van der Waals surface area contributed by atoms with E-state index in [2.05, 4.69) is 15.0 Å². The van der Waals surface area contributed by atoms with Crippen LogP contribution in [0.1, 0.15) is 16.1 Å². The SMILES string of the molecule is COC(=O)Cc1csc(NC(=O)c2c(O)cccc2O)n1. The third-order valence-electron chi connectivity index (χ3n) is 2.57. The van der Waals surface area contributed by atoms with E-state index in [1.54, 1.807) is 5.38 Å². The van der Waals surface area contributed by atoms with Crippen molar-refractivity contribution in [1.29, 1.82) is 0 Å². The third kappa shape index (κ3) is 3.48. The van der Waals surface area contributed by atoms with Crippen LogP contribution in [0.4, 0.5) is 5.13 Å². The van der Waals surface area contributed by atoms with E-state index in [9.17, 15) is 19.8 Å². The molecule has 0 spiro atoms. The number of hydrogen-bond donors (Lipinski definition) is 3. The maximum atomic E-state index is 12.0. The molecule has 2 aromatic rings. The molecule has 0 unspecified atom stereocenters. The number of phenolic OH excluding ortho intramolecular Hbond substituents is 2. The van der Waals surface area contributed by atoms with Crippen molar-refractivity contribution >= 4 is 28.3 Å². The van der Waals surface area contributed by atoms with Crippen molar-refractivity contribution in [3.05, 3.63) is 34.8 Å². The number of nitrogens with one attached hydrogen (secondary N) is 1. The normalized spacial score (nSPS) is 10.1. The lowest BCUT2D eigenvalue weighted by atomic mass is 10.1. The minimum atomic E-state index is -0.690. The first-order valence-corrected chi connectivity index (χ1v) is 6.72. The Labute approximate surface area is 123 Å². The van der Waals surface area contributed by atoms with Crippen molar-refractivity contribution in [3.8, 4) is 11.5 Å². The molecule has 1 heterocycles.